The maximum atomic E-state index is 4.32. The van der Waals surface area contributed by atoms with E-state index >= 15 is 0 Å². The molecule has 0 bridgehead atoms. The third-order valence-corrected chi connectivity index (χ3v) is 4.26. The molecule has 0 unspecified atom stereocenters. The summed E-state index contributed by atoms with van der Waals surface area (Å²) in [6, 6.07) is 0. The van der Waals surface area contributed by atoms with Crippen molar-refractivity contribution in [2.45, 2.75) is 53.4 Å². The summed E-state index contributed by atoms with van der Waals surface area (Å²) < 4.78 is 0. The summed E-state index contributed by atoms with van der Waals surface area (Å²) in [5.74, 6) is 0.632. The number of hydrogen-bond acceptors (Lipinski definition) is 1. The fourth-order valence-electron chi connectivity index (χ4n) is 2.67. The molecule has 0 radical (unpaired) electrons. The molecule has 0 atom stereocenters. The summed E-state index contributed by atoms with van der Waals surface area (Å²) in [6.07, 6.45) is 5.26. The second-order valence-electron chi connectivity index (χ2n) is 5.94. The molecule has 0 aliphatic carbocycles. The first-order chi connectivity index (χ1) is 7.49. The van der Waals surface area contributed by atoms with Gasteiger partial charge in [0.1, 0.15) is 0 Å². The van der Waals surface area contributed by atoms with Crippen molar-refractivity contribution in [3.8, 4) is 0 Å². The van der Waals surface area contributed by atoms with Crippen LogP contribution in [0.3, 0.4) is 0 Å². The largest absolute Gasteiger partial charge is 0.303 e. The van der Waals surface area contributed by atoms with E-state index in [0.29, 0.717) is 11.3 Å². The Morgan fingerprint density at radius 1 is 1.31 bits per heavy atom. The van der Waals surface area contributed by atoms with E-state index in [2.05, 4.69) is 39.2 Å². The summed E-state index contributed by atoms with van der Waals surface area (Å²) in [5, 5.41) is 0. The van der Waals surface area contributed by atoms with E-state index in [-0.39, 0.29) is 0 Å². The highest BCUT2D eigenvalue weighted by atomic mass is 15.1. The Balaban J connectivity index is 2.43. The molecule has 94 valence electrons. The van der Waals surface area contributed by atoms with Crippen LogP contribution in [-0.2, 0) is 0 Å². The van der Waals surface area contributed by atoms with Gasteiger partial charge in [-0.05, 0) is 50.2 Å². The molecule has 1 saturated heterocycles. The minimum Gasteiger partial charge on any atom is -0.303 e. The summed E-state index contributed by atoms with van der Waals surface area (Å²) in [7, 11) is 0. The minimum absolute atomic E-state index is 0.400. The van der Waals surface area contributed by atoms with Crippen molar-refractivity contribution in [3.63, 3.8) is 0 Å². The van der Waals surface area contributed by atoms with Gasteiger partial charge in [-0.1, -0.05) is 46.3 Å². The first-order valence-corrected chi connectivity index (χ1v) is 6.91. The van der Waals surface area contributed by atoms with Gasteiger partial charge in [0.05, 0.1) is 0 Å². The smallest absolute Gasteiger partial charge is 0.00104 e. The quantitative estimate of drug-likeness (QED) is 0.634. The van der Waals surface area contributed by atoms with Crippen LogP contribution in [0.5, 0.6) is 0 Å². The summed E-state index contributed by atoms with van der Waals surface area (Å²) >= 11 is 0. The van der Waals surface area contributed by atoms with Gasteiger partial charge in [-0.3, -0.25) is 0 Å². The Morgan fingerprint density at radius 3 is 2.31 bits per heavy atom. The summed E-state index contributed by atoms with van der Waals surface area (Å²) in [5.41, 5.74) is 1.86. The molecule has 0 aromatic carbocycles. The van der Waals surface area contributed by atoms with E-state index in [9.17, 15) is 0 Å². The molecule has 1 nitrogen and oxygen atoms in total. The van der Waals surface area contributed by atoms with Crippen LogP contribution in [0, 0.1) is 11.3 Å². The zero-order valence-corrected chi connectivity index (χ0v) is 11.7. The Kier molecular flexibility index (Phi) is 5.04. The first kappa shape index (κ1) is 13.8. The minimum atomic E-state index is 0.400. The highest BCUT2D eigenvalue weighted by Crippen LogP contribution is 2.40. The molecule has 1 rings (SSSR count). The maximum absolute atomic E-state index is 4.32. The van der Waals surface area contributed by atoms with E-state index in [4.69, 9.17) is 0 Å². The lowest BCUT2D eigenvalue weighted by molar-refractivity contribution is 0.137. The number of allylic oxidation sites excluding steroid dienone is 1. The molecule has 0 saturated carbocycles. The number of unbranched alkanes of at least 4 members (excludes halogenated alkanes) is 1. The van der Waals surface area contributed by atoms with Gasteiger partial charge in [-0.2, -0.15) is 0 Å². The molecule has 1 fully saturated rings. The number of piperidine rings is 1. The lowest BCUT2D eigenvalue weighted by Gasteiger charge is -2.42. The predicted octanol–water partition coefficient (Wildman–Crippen LogP) is 4.10. The third-order valence-electron chi connectivity index (χ3n) is 4.26. The number of likely N-dealkylation sites (tertiary alicyclic amines) is 1. The van der Waals surface area contributed by atoms with Crippen LogP contribution in [0.25, 0.3) is 0 Å². The van der Waals surface area contributed by atoms with Gasteiger partial charge < -0.3 is 4.90 Å². The van der Waals surface area contributed by atoms with Crippen LogP contribution in [0.2, 0.25) is 0 Å². The SMILES string of the molecule is C=C(C(C)C)C1(C)CCN(CCCC)CC1. The zero-order chi connectivity index (χ0) is 12.2. The van der Waals surface area contributed by atoms with Crippen LogP contribution in [0.15, 0.2) is 12.2 Å². The molecule has 1 aliphatic heterocycles. The summed E-state index contributed by atoms with van der Waals surface area (Å²) in [4.78, 5) is 2.62. The van der Waals surface area contributed by atoms with E-state index in [0.717, 1.165) is 0 Å². The molecule has 1 heteroatoms. The van der Waals surface area contributed by atoms with E-state index in [1.807, 2.05) is 0 Å². The summed E-state index contributed by atoms with van der Waals surface area (Å²) in [6.45, 7) is 17.4. The van der Waals surface area contributed by atoms with E-state index in [1.165, 1.54) is 50.9 Å². The second kappa shape index (κ2) is 5.86. The van der Waals surface area contributed by atoms with Gasteiger partial charge in [0, 0.05) is 0 Å². The van der Waals surface area contributed by atoms with Gasteiger partial charge in [0.2, 0.25) is 0 Å². The standard InChI is InChI=1S/C15H29N/c1-6-7-10-16-11-8-15(5,9-12-16)14(4)13(2)3/h13H,4,6-12H2,1-3,5H3. The van der Waals surface area contributed by atoms with E-state index in [1.54, 1.807) is 0 Å². The van der Waals surface area contributed by atoms with Crippen molar-refractivity contribution < 1.29 is 0 Å². The lowest BCUT2D eigenvalue weighted by atomic mass is 9.71. The molecule has 1 aliphatic rings. The normalized spacial score (nSPS) is 21.3. The van der Waals surface area contributed by atoms with Crippen molar-refractivity contribution in [2.24, 2.45) is 11.3 Å². The van der Waals surface area contributed by atoms with Crippen LogP contribution in [0.4, 0.5) is 0 Å². The molecule has 0 amide bonds. The Labute approximate surface area is 102 Å². The first-order valence-electron chi connectivity index (χ1n) is 6.91. The van der Waals surface area contributed by atoms with Crippen molar-refractivity contribution in [2.75, 3.05) is 19.6 Å². The monoisotopic (exact) mass is 223 g/mol. The van der Waals surface area contributed by atoms with Crippen LogP contribution in [0.1, 0.15) is 53.4 Å². The topological polar surface area (TPSA) is 3.24 Å². The Bertz CT molecular complexity index is 222. The molecule has 0 N–H and O–H groups in total. The van der Waals surface area contributed by atoms with Crippen molar-refractivity contribution >= 4 is 0 Å². The molecule has 16 heavy (non-hydrogen) atoms. The van der Waals surface area contributed by atoms with Crippen LogP contribution in [-0.4, -0.2) is 24.5 Å². The van der Waals surface area contributed by atoms with Crippen LogP contribution < -0.4 is 0 Å². The number of hydrogen-bond donors (Lipinski definition) is 0. The third kappa shape index (κ3) is 3.35. The number of nitrogens with zero attached hydrogens (tertiary/aromatic N) is 1. The molecular formula is C15H29N. The van der Waals surface area contributed by atoms with Crippen LogP contribution >= 0.6 is 0 Å². The maximum Gasteiger partial charge on any atom is -0.00104 e. The molecular weight excluding hydrogens is 194 g/mol. The predicted molar refractivity (Wildman–Crippen MR) is 72.7 cm³/mol. The lowest BCUT2D eigenvalue weighted by Crippen LogP contribution is -2.40. The molecule has 1 heterocycles. The van der Waals surface area contributed by atoms with Crippen molar-refractivity contribution in [3.05, 3.63) is 12.2 Å². The molecule has 0 aromatic heterocycles. The average molecular weight is 223 g/mol. The fourth-order valence-corrected chi connectivity index (χ4v) is 2.67. The Hall–Kier alpha value is -0.300. The van der Waals surface area contributed by atoms with Gasteiger partial charge in [0.15, 0.2) is 0 Å². The van der Waals surface area contributed by atoms with E-state index < -0.39 is 0 Å². The second-order valence-corrected chi connectivity index (χ2v) is 5.94. The van der Waals surface area contributed by atoms with Crippen molar-refractivity contribution in [1.29, 1.82) is 0 Å². The van der Waals surface area contributed by atoms with Crippen molar-refractivity contribution in [1.82, 2.24) is 4.90 Å². The van der Waals surface area contributed by atoms with Gasteiger partial charge in [-0.25, -0.2) is 0 Å². The fraction of sp³-hybridized carbons (Fsp3) is 0.867. The highest BCUT2D eigenvalue weighted by Gasteiger charge is 2.33. The molecule has 0 aromatic rings. The Morgan fingerprint density at radius 2 is 1.88 bits per heavy atom. The van der Waals surface area contributed by atoms with Gasteiger partial charge in [0.25, 0.3) is 0 Å². The average Bonchev–Trinajstić information content (AvgIpc) is 2.27. The van der Waals surface area contributed by atoms with Gasteiger partial charge >= 0.3 is 0 Å². The molecule has 0 spiro atoms. The zero-order valence-electron chi connectivity index (χ0n) is 11.7. The number of rotatable bonds is 5. The highest BCUT2D eigenvalue weighted by molar-refractivity contribution is 5.12. The van der Waals surface area contributed by atoms with Gasteiger partial charge in [-0.15, -0.1) is 0 Å².